The third kappa shape index (κ3) is 3.82. The van der Waals surface area contributed by atoms with Gasteiger partial charge in [0.2, 0.25) is 0 Å². The van der Waals surface area contributed by atoms with E-state index in [0.717, 1.165) is 48.5 Å². The highest BCUT2D eigenvalue weighted by atomic mass is 19.1. The first-order chi connectivity index (χ1) is 15.2. The fourth-order valence-electron chi connectivity index (χ4n) is 4.34. The van der Waals surface area contributed by atoms with E-state index in [9.17, 15) is 9.50 Å². The molecule has 31 heavy (non-hydrogen) atoms. The van der Waals surface area contributed by atoms with Gasteiger partial charge in [-0.15, -0.1) is 0 Å². The van der Waals surface area contributed by atoms with Crippen molar-refractivity contribution in [3.63, 3.8) is 0 Å². The zero-order chi connectivity index (χ0) is 21.2. The van der Waals surface area contributed by atoms with Crippen LogP contribution in [0.5, 0.6) is 5.75 Å². The Hall–Kier alpha value is -3.51. The largest absolute Gasteiger partial charge is 0.505 e. The maximum atomic E-state index is 13.3. The molecule has 1 aliphatic rings. The minimum atomic E-state index is -0.224. The van der Waals surface area contributed by atoms with Crippen molar-refractivity contribution < 1.29 is 9.50 Å². The summed E-state index contributed by atoms with van der Waals surface area (Å²) < 4.78 is 13.3. The number of phenols is 1. The van der Waals surface area contributed by atoms with Crippen molar-refractivity contribution in [1.29, 1.82) is 0 Å². The van der Waals surface area contributed by atoms with Crippen LogP contribution < -0.4 is 4.90 Å². The lowest BCUT2D eigenvalue weighted by Crippen LogP contribution is -2.48. The monoisotopic (exact) mass is 414 g/mol. The first-order valence-corrected chi connectivity index (χ1v) is 10.4. The standard InChI is InChI=1S/C25H23FN4O/c26-19-7-9-20(10-8-19)29-14-16-30(17-15-29)24(22-5-1-2-12-27-22)21-11-6-18-4-3-13-28-23(18)25(21)31/h1-13,24,31H,14-17H2/t24-/m1/s1. The number of aromatic hydroxyl groups is 1. The number of aromatic nitrogens is 2. The van der Waals surface area contributed by atoms with Crippen LogP contribution >= 0.6 is 0 Å². The second kappa shape index (κ2) is 8.32. The van der Waals surface area contributed by atoms with Gasteiger partial charge in [-0.25, -0.2) is 4.39 Å². The van der Waals surface area contributed by atoms with Crippen LogP contribution in [0.15, 0.2) is 79.1 Å². The normalized spacial score (nSPS) is 15.8. The molecule has 0 aliphatic carbocycles. The van der Waals surface area contributed by atoms with Crippen molar-refractivity contribution in [2.75, 3.05) is 31.1 Å². The number of hydrogen-bond donors (Lipinski definition) is 1. The third-order valence-corrected chi connectivity index (χ3v) is 5.91. The summed E-state index contributed by atoms with van der Waals surface area (Å²) in [6.07, 6.45) is 3.48. The van der Waals surface area contributed by atoms with Gasteiger partial charge >= 0.3 is 0 Å². The SMILES string of the molecule is Oc1c([C@H](c2ccccn2)N2CCN(c3ccc(F)cc3)CC2)ccc2cccnc12. The molecular weight excluding hydrogens is 391 g/mol. The Bertz CT molecular complexity index is 1180. The summed E-state index contributed by atoms with van der Waals surface area (Å²) in [4.78, 5) is 13.6. The summed E-state index contributed by atoms with van der Waals surface area (Å²) in [7, 11) is 0. The van der Waals surface area contributed by atoms with Gasteiger partial charge in [0.05, 0.1) is 11.7 Å². The third-order valence-electron chi connectivity index (χ3n) is 5.91. The van der Waals surface area contributed by atoms with E-state index in [1.54, 1.807) is 12.4 Å². The number of halogens is 1. The Morgan fingerprint density at radius 3 is 2.32 bits per heavy atom. The second-order valence-corrected chi connectivity index (χ2v) is 7.74. The van der Waals surface area contributed by atoms with E-state index in [1.807, 2.05) is 54.6 Å². The molecule has 0 spiro atoms. The molecule has 1 aliphatic heterocycles. The van der Waals surface area contributed by atoms with E-state index in [0.29, 0.717) is 5.52 Å². The first kappa shape index (κ1) is 19.5. The molecule has 156 valence electrons. The van der Waals surface area contributed by atoms with Crippen molar-refractivity contribution in [3.8, 4) is 5.75 Å². The van der Waals surface area contributed by atoms with Crippen LogP contribution in [-0.2, 0) is 0 Å². The molecule has 0 radical (unpaired) electrons. The van der Waals surface area contributed by atoms with Gasteiger partial charge in [0.15, 0.2) is 0 Å². The van der Waals surface area contributed by atoms with Gasteiger partial charge in [0.25, 0.3) is 0 Å². The molecule has 4 aromatic rings. The van der Waals surface area contributed by atoms with E-state index in [2.05, 4.69) is 19.8 Å². The molecule has 1 fully saturated rings. The number of rotatable bonds is 4. The zero-order valence-electron chi connectivity index (χ0n) is 17.0. The second-order valence-electron chi connectivity index (χ2n) is 7.74. The number of phenolic OH excluding ortho intramolecular Hbond substituents is 1. The molecule has 0 unspecified atom stereocenters. The lowest BCUT2D eigenvalue weighted by molar-refractivity contribution is 0.206. The number of piperazine rings is 1. The Balaban J connectivity index is 1.47. The average Bonchev–Trinajstić information content (AvgIpc) is 2.83. The number of nitrogens with zero attached hydrogens (tertiary/aromatic N) is 4. The summed E-state index contributed by atoms with van der Waals surface area (Å²) in [5.74, 6) is -0.0206. The Morgan fingerprint density at radius 1 is 0.806 bits per heavy atom. The highest BCUT2D eigenvalue weighted by molar-refractivity contribution is 5.85. The molecule has 1 saturated heterocycles. The molecular formula is C25H23FN4O. The van der Waals surface area contributed by atoms with Gasteiger partial charge in [0, 0.05) is 55.2 Å². The Morgan fingerprint density at radius 2 is 1.58 bits per heavy atom. The number of fused-ring (bicyclic) bond motifs is 1. The fourth-order valence-corrected chi connectivity index (χ4v) is 4.34. The zero-order valence-corrected chi connectivity index (χ0v) is 17.0. The molecule has 2 aromatic heterocycles. The molecule has 5 nitrogen and oxygen atoms in total. The first-order valence-electron chi connectivity index (χ1n) is 10.4. The van der Waals surface area contributed by atoms with Gasteiger partial charge in [-0.2, -0.15) is 0 Å². The Kier molecular flexibility index (Phi) is 5.22. The van der Waals surface area contributed by atoms with E-state index in [1.165, 1.54) is 12.1 Å². The van der Waals surface area contributed by atoms with Crippen molar-refractivity contribution in [1.82, 2.24) is 14.9 Å². The number of hydrogen-bond acceptors (Lipinski definition) is 5. The maximum Gasteiger partial charge on any atom is 0.146 e. The highest BCUT2D eigenvalue weighted by Crippen LogP contribution is 2.37. The predicted octanol–water partition coefficient (Wildman–Crippen LogP) is 4.39. The van der Waals surface area contributed by atoms with Crippen LogP contribution in [0.4, 0.5) is 10.1 Å². The molecule has 3 heterocycles. The van der Waals surface area contributed by atoms with Gasteiger partial charge in [-0.05, 0) is 42.5 Å². The molecule has 5 rings (SSSR count). The van der Waals surface area contributed by atoms with Crippen LogP contribution in [0.25, 0.3) is 10.9 Å². The van der Waals surface area contributed by atoms with E-state index >= 15 is 0 Å². The molecule has 0 amide bonds. The van der Waals surface area contributed by atoms with Gasteiger partial charge in [-0.1, -0.05) is 24.3 Å². The summed E-state index contributed by atoms with van der Waals surface area (Å²) in [5.41, 5.74) is 3.32. The van der Waals surface area contributed by atoms with Crippen LogP contribution in [-0.4, -0.2) is 46.2 Å². The Labute approximate surface area is 180 Å². The minimum absolute atomic E-state index is 0.178. The van der Waals surface area contributed by atoms with Crippen molar-refractivity contribution in [3.05, 3.63) is 96.2 Å². The average molecular weight is 414 g/mol. The van der Waals surface area contributed by atoms with E-state index in [-0.39, 0.29) is 17.6 Å². The van der Waals surface area contributed by atoms with Crippen LogP contribution in [0.3, 0.4) is 0 Å². The van der Waals surface area contributed by atoms with Crippen molar-refractivity contribution in [2.24, 2.45) is 0 Å². The maximum absolute atomic E-state index is 13.3. The fraction of sp³-hybridized carbons (Fsp3) is 0.200. The number of anilines is 1. The quantitative estimate of drug-likeness (QED) is 0.537. The summed E-state index contributed by atoms with van der Waals surface area (Å²) in [5, 5.41) is 12.0. The minimum Gasteiger partial charge on any atom is -0.505 e. The number of benzene rings is 2. The van der Waals surface area contributed by atoms with Gasteiger partial charge in [-0.3, -0.25) is 14.9 Å². The molecule has 2 aromatic carbocycles. The van der Waals surface area contributed by atoms with E-state index in [4.69, 9.17) is 0 Å². The molecule has 0 bridgehead atoms. The molecule has 0 saturated carbocycles. The van der Waals surface area contributed by atoms with Crippen LogP contribution in [0, 0.1) is 5.82 Å². The topological polar surface area (TPSA) is 52.5 Å². The molecule has 1 atom stereocenters. The van der Waals surface area contributed by atoms with Gasteiger partial charge < -0.3 is 10.0 Å². The van der Waals surface area contributed by atoms with Crippen LogP contribution in [0.2, 0.25) is 0 Å². The highest BCUT2D eigenvalue weighted by Gasteiger charge is 2.30. The summed E-state index contributed by atoms with van der Waals surface area (Å²) in [6, 6.07) is 20.1. The molecule has 6 heteroatoms. The number of pyridine rings is 2. The lowest BCUT2D eigenvalue weighted by Gasteiger charge is -2.40. The summed E-state index contributed by atoms with van der Waals surface area (Å²) >= 11 is 0. The lowest BCUT2D eigenvalue weighted by atomic mass is 9.97. The smallest absolute Gasteiger partial charge is 0.146 e. The van der Waals surface area contributed by atoms with Crippen molar-refractivity contribution in [2.45, 2.75) is 6.04 Å². The molecule has 1 N–H and O–H groups in total. The van der Waals surface area contributed by atoms with Crippen molar-refractivity contribution >= 4 is 16.6 Å². The summed E-state index contributed by atoms with van der Waals surface area (Å²) in [6.45, 7) is 3.19. The van der Waals surface area contributed by atoms with Gasteiger partial charge in [0.1, 0.15) is 17.1 Å². The predicted molar refractivity (Wildman–Crippen MR) is 120 cm³/mol. The van der Waals surface area contributed by atoms with E-state index < -0.39 is 0 Å². The van der Waals surface area contributed by atoms with Crippen LogP contribution in [0.1, 0.15) is 17.3 Å².